The third kappa shape index (κ3) is 2.66. The van der Waals surface area contributed by atoms with Crippen LogP contribution in [0.2, 0.25) is 0 Å². The number of piperazine rings is 1. The number of aryl methyl sites for hydroxylation is 1. The molecule has 3 rings (SSSR count). The smallest absolute Gasteiger partial charge is 0.193 e. The molecule has 0 aromatic carbocycles. The van der Waals surface area contributed by atoms with E-state index in [2.05, 4.69) is 46.3 Å². The Morgan fingerprint density at radius 2 is 1.95 bits per heavy atom. The fourth-order valence-electron chi connectivity index (χ4n) is 2.86. The van der Waals surface area contributed by atoms with Crippen LogP contribution >= 0.6 is 11.3 Å². The van der Waals surface area contributed by atoms with Crippen molar-refractivity contribution in [1.82, 2.24) is 19.4 Å². The van der Waals surface area contributed by atoms with Crippen LogP contribution in [0.15, 0.2) is 17.6 Å². The van der Waals surface area contributed by atoms with Crippen LogP contribution in [0.1, 0.15) is 17.0 Å². The molecule has 0 bridgehead atoms. The second kappa shape index (κ2) is 5.68. The standard InChI is InChI=1S/C15H22N4S/c1-12-10-14(11-18-7-5-17(3)6-8-18)13(2)19(12)15-16-4-9-20-15/h4,9-10H,5-8,11H2,1-3H3. The van der Waals surface area contributed by atoms with Crippen LogP contribution in [0, 0.1) is 13.8 Å². The van der Waals surface area contributed by atoms with E-state index in [9.17, 15) is 0 Å². The van der Waals surface area contributed by atoms with Crippen molar-refractivity contribution in [2.24, 2.45) is 0 Å². The Labute approximate surface area is 124 Å². The lowest BCUT2D eigenvalue weighted by Crippen LogP contribution is -2.43. The summed E-state index contributed by atoms with van der Waals surface area (Å²) in [5, 5.41) is 3.11. The first-order valence-electron chi connectivity index (χ1n) is 7.14. The maximum absolute atomic E-state index is 4.44. The Morgan fingerprint density at radius 1 is 1.20 bits per heavy atom. The molecule has 0 amide bonds. The van der Waals surface area contributed by atoms with Gasteiger partial charge in [-0.15, -0.1) is 11.3 Å². The van der Waals surface area contributed by atoms with E-state index >= 15 is 0 Å². The lowest BCUT2D eigenvalue weighted by Gasteiger charge is -2.32. The SMILES string of the molecule is Cc1cc(CN2CCN(C)CC2)c(C)n1-c1nccs1. The topological polar surface area (TPSA) is 24.3 Å². The number of aromatic nitrogens is 2. The van der Waals surface area contributed by atoms with Crippen molar-refractivity contribution in [3.05, 3.63) is 34.6 Å². The third-order valence-corrected chi connectivity index (χ3v) is 4.89. The molecule has 5 heteroatoms. The highest BCUT2D eigenvalue weighted by Gasteiger charge is 2.18. The molecule has 0 spiro atoms. The van der Waals surface area contributed by atoms with E-state index in [1.54, 1.807) is 11.3 Å². The van der Waals surface area contributed by atoms with E-state index < -0.39 is 0 Å². The normalized spacial score (nSPS) is 17.8. The lowest BCUT2D eigenvalue weighted by atomic mass is 10.2. The minimum atomic E-state index is 1.05. The number of hydrogen-bond donors (Lipinski definition) is 0. The molecule has 1 saturated heterocycles. The van der Waals surface area contributed by atoms with Gasteiger partial charge in [0.1, 0.15) is 0 Å². The molecular weight excluding hydrogens is 268 g/mol. The Kier molecular flexibility index (Phi) is 3.92. The highest BCUT2D eigenvalue weighted by Crippen LogP contribution is 2.23. The molecule has 0 unspecified atom stereocenters. The molecule has 0 saturated carbocycles. The van der Waals surface area contributed by atoms with Gasteiger partial charge in [0.15, 0.2) is 5.13 Å². The van der Waals surface area contributed by atoms with Gasteiger partial charge in [-0.25, -0.2) is 4.98 Å². The van der Waals surface area contributed by atoms with Crippen LogP contribution < -0.4 is 0 Å². The number of hydrogen-bond acceptors (Lipinski definition) is 4. The molecule has 20 heavy (non-hydrogen) atoms. The Morgan fingerprint density at radius 3 is 2.60 bits per heavy atom. The zero-order valence-electron chi connectivity index (χ0n) is 12.5. The monoisotopic (exact) mass is 290 g/mol. The average Bonchev–Trinajstić information content (AvgIpc) is 3.02. The second-order valence-corrected chi connectivity index (χ2v) is 6.50. The molecule has 0 aliphatic carbocycles. The zero-order valence-corrected chi connectivity index (χ0v) is 13.3. The maximum atomic E-state index is 4.44. The Balaban J connectivity index is 1.80. The molecule has 3 heterocycles. The van der Waals surface area contributed by atoms with Crippen LogP contribution in [-0.2, 0) is 6.54 Å². The van der Waals surface area contributed by atoms with E-state index in [4.69, 9.17) is 0 Å². The predicted molar refractivity (Wildman–Crippen MR) is 83.7 cm³/mol. The summed E-state index contributed by atoms with van der Waals surface area (Å²) in [5.74, 6) is 0. The molecule has 0 radical (unpaired) electrons. The van der Waals surface area contributed by atoms with Crippen LogP contribution in [-0.4, -0.2) is 52.6 Å². The number of nitrogens with zero attached hydrogens (tertiary/aromatic N) is 4. The molecule has 1 fully saturated rings. The van der Waals surface area contributed by atoms with Gasteiger partial charge in [0, 0.05) is 55.7 Å². The van der Waals surface area contributed by atoms with Crippen LogP contribution in [0.5, 0.6) is 0 Å². The Bertz CT molecular complexity index is 565. The first kappa shape index (κ1) is 13.8. The second-order valence-electron chi connectivity index (χ2n) is 5.63. The van der Waals surface area contributed by atoms with Crippen molar-refractivity contribution < 1.29 is 0 Å². The molecule has 0 atom stereocenters. The highest BCUT2D eigenvalue weighted by molar-refractivity contribution is 7.12. The number of thiazole rings is 1. The van der Waals surface area contributed by atoms with Gasteiger partial charge in [-0.1, -0.05) is 0 Å². The minimum Gasteiger partial charge on any atom is -0.304 e. The summed E-state index contributed by atoms with van der Waals surface area (Å²) in [7, 11) is 2.20. The quantitative estimate of drug-likeness (QED) is 0.867. The van der Waals surface area contributed by atoms with Gasteiger partial charge in [-0.2, -0.15) is 0 Å². The zero-order chi connectivity index (χ0) is 14.1. The van der Waals surface area contributed by atoms with E-state index in [-0.39, 0.29) is 0 Å². The molecule has 0 N–H and O–H groups in total. The van der Waals surface area contributed by atoms with E-state index in [1.165, 1.54) is 30.0 Å². The predicted octanol–water partition coefficient (Wildman–Crippen LogP) is 2.30. The molecule has 2 aromatic rings. The van der Waals surface area contributed by atoms with Gasteiger partial charge >= 0.3 is 0 Å². The maximum Gasteiger partial charge on any atom is 0.193 e. The van der Waals surface area contributed by atoms with Crippen molar-refractivity contribution in [2.75, 3.05) is 33.2 Å². The van der Waals surface area contributed by atoms with Crippen molar-refractivity contribution in [3.8, 4) is 5.13 Å². The fourth-order valence-corrected chi connectivity index (χ4v) is 3.61. The molecule has 1 aliphatic rings. The van der Waals surface area contributed by atoms with Crippen molar-refractivity contribution in [2.45, 2.75) is 20.4 Å². The van der Waals surface area contributed by atoms with Crippen molar-refractivity contribution in [3.63, 3.8) is 0 Å². The van der Waals surface area contributed by atoms with E-state index in [0.717, 1.165) is 24.8 Å². The van der Waals surface area contributed by atoms with Gasteiger partial charge in [0.2, 0.25) is 0 Å². The summed E-state index contributed by atoms with van der Waals surface area (Å²) in [5.41, 5.74) is 4.04. The van der Waals surface area contributed by atoms with Gasteiger partial charge in [0.05, 0.1) is 0 Å². The lowest BCUT2D eigenvalue weighted by molar-refractivity contribution is 0.148. The summed E-state index contributed by atoms with van der Waals surface area (Å²) < 4.78 is 2.27. The van der Waals surface area contributed by atoms with Crippen molar-refractivity contribution >= 4 is 11.3 Å². The van der Waals surface area contributed by atoms with Crippen LogP contribution in [0.25, 0.3) is 5.13 Å². The highest BCUT2D eigenvalue weighted by atomic mass is 32.1. The summed E-state index contributed by atoms with van der Waals surface area (Å²) in [6.45, 7) is 10.1. The summed E-state index contributed by atoms with van der Waals surface area (Å²) in [6.07, 6.45) is 1.87. The molecular formula is C15H22N4S. The average molecular weight is 290 g/mol. The van der Waals surface area contributed by atoms with Crippen LogP contribution in [0.3, 0.4) is 0 Å². The number of rotatable bonds is 3. The van der Waals surface area contributed by atoms with Gasteiger partial charge in [0.25, 0.3) is 0 Å². The van der Waals surface area contributed by atoms with E-state index in [0.29, 0.717) is 0 Å². The third-order valence-electron chi connectivity index (χ3n) is 4.14. The van der Waals surface area contributed by atoms with Crippen LogP contribution in [0.4, 0.5) is 0 Å². The fraction of sp³-hybridized carbons (Fsp3) is 0.533. The van der Waals surface area contributed by atoms with E-state index in [1.807, 2.05) is 11.6 Å². The molecule has 4 nitrogen and oxygen atoms in total. The van der Waals surface area contributed by atoms with Gasteiger partial charge in [-0.3, -0.25) is 9.47 Å². The molecule has 1 aliphatic heterocycles. The first-order chi connectivity index (χ1) is 9.65. The summed E-state index contributed by atoms with van der Waals surface area (Å²) in [6, 6.07) is 2.31. The van der Waals surface area contributed by atoms with Gasteiger partial charge in [-0.05, 0) is 32.5 Å². The summed E-state index contributed by atoms with van der Waals surface area (Å²) in [4.78, 5) is 9.39. The molecule has 2 aromatic heterocycles. The molecule has 108 valence electrons. The summed E-state index contributed by atoms with van der Waals surface area (Å²) >= 11 is 1.70. The minimum absolute atomic E-state index is 1.05. The number of likely N-dealkylation sites (N-methyl/N-ethyl adjacent to an activating group) is 1. The van der Waals surface area contributed by atoms with Crippen molar-refractivity contribution in [1.29, 1.82) is 0 Å². The Hall–Kier alpha value is -1.17. The van der Waals surface area contributed by atoms with Gasteiger partial charge < -0.3 is 4.90 Å². The largest absolute Gasteiger partial charge is 0.304 e. The first-order valence-corrected chi connectivity index (χ1v) is 8.01.